The third-order valence-electron chi connectivity index (χ3n) is 2.57. The molecule has 5 nitrogen and oxygen atoms in total. The molecule has 0 radical (unpaired) electrons. The highest BCUT2D eigenvalue weighted by Gasteiger charge is 2.18. The highest BCUT2D eigenvalue weighted by Crippen LogP contribution is 2.28. The van der Waals surface area contributed by atoms with Gasteiger partial charge in [0, 0.05) is 16.6 Å². The van der Waals surface area contributed by atoms with Gasteiger partial charge in [0.2, 0.25) is 0 Å². The van der Waals surface area contributed by atoms with E-state index in [-0.39, 0.29) is 17.7 Å². The lowest BCUT2D eigenvalue weighted by Crippen LogP contribution is -2.14. The number of ether oxygens (including phenoxy) is 1. The van der Waals surface area contributed by atoms with Crippen LogP contribution in [0.15, 0.2) is 24.4 Å². The number of hydrogen-bond acceptors (Lipinski definition) is 5. The van der Waals surface area contributed by atoms with E-state index in [4.69, 9.17) is 16.3 Å². The number of halogens is 1. The van der Waals surface area contributed by atoms with Crippen molar-refractivity contribution in [3.8, 4) is 0 Å². The van der Waals surface area contributed by atoms with Gasteiger partial charge in [-0.1, -0.05) is 11.6 Å². The Labute approximate surface area is 130 Å². The van der Waals surface area contributed by atoms with E-state index in [1.54, 1.807) is 19.1 Å². The molecule has 0 saturated carbocycles. The SMILES string of the molecule is CCOC(=O)c1cc(C)sc1NC(=O)c1ccnc(Cl)c1. The Morgan fingerprint density at radius 3 is 2.86 bits per heavy atom. The molecule has 2 aromatic heterocycles. The quantitative estimate of drug-likeness (QED) is 0.690. The van der Waals surface area contributed by atoms with E-state index in [0.29, 0.717) is 16.1 Å². The second kappa shape index (κ2) is 6.69. The summed E-state index contributed by atoms with van der Waals surface area (Å²) in [5, 5.41) is 3.40. The van der Waals surface area contributed by atoms with E-state index in [1.165, 1.54) is 23.6 Å². The monoisotopic (exact) mass is 324 g/mol. The maximum atomic E-state index is 12.2. The minimum Gasteiger partial charge on any atom is -0.462 e. The third kappa shape index (κ3) is 3.80. The van der Waals surface area contributed by atoms with Gasteiger partial charge < -0.3 is 10.1 Å². The predicted octanol–water partition coefficient (Wildman–Crippen LogP) is 3.53. The molecule has 0 bridgehead atoms. The number of esters is 1. The first kappa shape index (κ1) is 15.5. The van der Waals surface area contributed by atoms with E-state index in [1.807, 2.05) is 6.92 Å². The molecule has 0 aromatic carbocycles. The minimum atomic E-state index is -0.454. The molecule has 0 saturated heterocycles. The topological polar surface area (TPSA) is 68.3 Å². The summed E-state index contributed by atoms with van der Waals surface area (Å²) in [6, 6.07) is 4.70. The van der Waals surface area contributed by atoms with Gasteiger partial charge in [0.1, 0.15) is 10.2 Å². The van der Waals surface area contributed by atoms with Gasteiger partial charge in [0.15, 0.2) is 0 Å². The average Bonchev–Trinajstić information content (AvgIpc) is 2.80. The lowest BCUT2D eigenvalue weighted by molar-refractivity contribution is 0.0528. The van der Waals surface area contributed by atoms with E-state index in [2.05, 4.69) is 10.3 Å². The molecule has 0 spiro atoms. The summed E-state index contributed by atoms with van der Waals surface area (Å²) >= 11 is 7.07. The maximum Gasteiger partial charge on any atom is 0.341 e. The summed E-state index contributed by atoms with van der Waals surface area (Å²) in [5.74, 6) is -0.809. The summed E-state index contributed by atoms with van der Waals surface area (Å²) in [4.78, 5) is 28.7. The molecule has 0 aliphatic heterocycles. The molecule has 2 rings (SSSR count). The van der Waals surface area contributed by atoms with Crippen molar-refractivity contribution in [1.29, 1.82) is 0 Å². The Balaban J connectivity index is 2.23. The van der Waals surface area contributed by atoms with E-state index < -0.39 is 5.97 Å². The number of aryl methyl sites for hydroxylation is 1. The molecule has 0 fully saturated rings. The van der Waals surface area contributed by atoms with Gasteiger partial charge in [-0.25, -0.2) is 9.78 Å². The van der Waals surface area contributed by atoms with Crippen LogP contribution in [0.1, 0.15) is 32.5 Å². The average molecular weight is 325 g/mol. The van der Waals surface area contributed by atoms with Crippen molar-refractivity contribution in [2.24, 2.45) is 0 Å². The first-order chi connectivity index (χ1) is 10.0. The first-order valence-electron chi connectivity index (χ1n) is 6.21. The number of carbonyl (C=O) groups excluding carboxylic acids is 2. The van der Waals surface area contributed by atoms with Gasteiger partial charge in [-0.15, -0.1) is 11.3 Å². The van der Waals surface area contributed by atoms with Crippen LogP contribution in [0.25, 0.3) is 0 Å². The van der Waals surface area contributed by atoms with Gasteiger partial charge in [-0.3, -0.25) is 4.79 Å². The number of anilines is 1. The van der Waals surface area contributed by atoms with E-state index in [0.717, 1.165) is 4.88 Å². The minimum absolute atomic E-state index is 0.232. The molecule has 1 N–H and O–H groups in total. The van der Waals surface area contributed by atoms with Crippen molar-refractivity contribution in [1.82, 2.24) is 4.98 Å². The fraction of sp³-hybridized carbons (Fsp3) is 0.214. The molecule has 0 aliphatic carbocycles. The van der Waals surface area contributed by atoms with Gasteiger partial charge in [0.05, 0.1) is 12.2 Å². The number of aromatic nitrogens is 1. The molecule has 21 heavy (non-hydrogen) atoms. The van der Waals surface area contributed by atoms with Crippen LogP contribution >= 0.6 is 22.9 Å². The number of hydrogen-bond donors (Lipinski definition) is 1. The summed E-state index contributed by atoms with van der Waals surface area (Å²) in [6.45, 7) is 3.86. The number of nitrogens with one attached hydrogen (secondary N) is 1. The summed E-state index contributed by atoms with van der Waals surface area (Å²) in [6.07, 6.45) is 1.45. The Morgan fingerprint density at radius 2 is 2.19 bits per heavy atom. The fourth-order valence-electron chi connectivity index (χ4n) is 1.69. The van der Waals surface area contributed by atoms with Crippen molar-refractivity contribution in [3.05, 3.63) is 45.6 Å². The zero-order valence-electron chi connectivity index (χ0n) is 11.5. The molecular formula is C14H13ClN2O3S. The molecule has 1 amide bonds. The second-order valence-corrected chi connectivity index (χ2v) is 5.79. The lowest BCUT2D eigenvalue weighted by Gasteiger charge is -2.06. The summed E-state index contributed by atoms with van der Waals surface area (Å²) in [5.41, 5.74) is 0.726. The zero-order valence-corrected chi connectivity index (χ0v) is 13.0. The van der Waals surface area contributed by atoms with Crippen molar-refractivity contribution in [3.63, 3.8) is 0 Å². The van der Waals surface area contributed by atoms with Crippen molar-refractivity contribution in [2.75, 3.05) is 11.9 Å². The molecule has 7 heteroatoms. The van der Waals surface area contributed by atoms with Crippen LogP contribution in [0.3, 0.4) is 0 Å². The van der Waals surface area contributed by atoms with Crippen molar-refractivity contribution >= 4 is 39.8 Å². The van der Waals surface area contributed by atoms with Crippen LogP contribution in [0.2, 0.25) is 5.15 Å². The summed E-state index contributed by atoms with van der Waals surface area (Å²) < 4.78 is 4.97. The van der Waals surface area contributed by atoms with Gasteiger partial charge in [-0.05, 0) is 32.0 Å². The normalized spacial score (nSPS) is 10.2. The largest absolute Gasteiger partial charge is 0.462 e. The Morgan fingerprint density at radius 1 is 1.43 bits per heavy atom. The molecule has 110 valence electrons. The fourth-order valence-corrected chi connectivity index (χ4v) is 2.76. The van der Waals surface area contributed by atoms with Gasteiger partial charge in [0.25, 0.3) is 5.91 Å². The zero-order chi connectivity index (χ0) is 15.4. The number of nitrogens with zero attached hydrogens (tertiary/aromatic N) is 1. The van der Waals surface area contributed by atoms with E-state index in [9.17, 15) is 9.59 Å². The Kier molecular flexibility index (Phi) is 4.93. The molecular weight excluding hydrogens is 312 g/mol. The number of pyridine rings is 1. The van der Waals surface area contributed by atoms with Crippen LogP contribution in [0, 0.1) is 6.92 Å². The van der Waals surface area contributed by atoms with Crippen LogP contribution in [0.4, 0.5) is 5.00 Å². The number of thiophene rings is 1. The molecule has 2 heterocycles. The van der Waals surface area contributed by atoms with E-state index >= 15 is 0 Å². The lowest BCUT2D eigenvalue weighted by atomic mass is 10.2. The van der Waals surface area contributed by atoms with Crippen molar-refractivity contribution < 1.29 is 14.3 Å². The van der Waals surface area contributed by atoms with Crippen LogP contribution in [0.5, 0.6) is 0 Å². The van der Waals surface area contributed by atoms with Crippen LogP contribution < -0.4 is 5.32 Å². The van der Waals surface area contributed by atoms with Crippen LogP contribution in [-0.4, -0.2) is 23.5 Å². The molecule has 0 atom stereocenters. The van der Waals surface area contributed by atoms with Crippen LogP contribution in [-0.2, 0) is 4.74 Å². The number of rotatable bonds is 4. The Hall–Kier alpha value is -1.92. The highest BCUT2D eigenvalue weighted by molar-refractivity contribution is 7.16. The first-order valence-corrected chi connectivity index (χ1v) is 7.41. The number of amides is 1. The highest BCUT2D eigenvalue weighted by atomic mass is 35.5. The van der Waals surface area contributed by atoms with Gasteiger partial charge >= 0.3 is 5.97 Å². The number of carbonyl (C=O) groups is 2. The second-order valence-electron chi connectivity index (χ2n) is 4.14. The Bertz CT molecular complexity index is 685. The molecule has 0 unspecified atom stereocenters. The smallest absolute Gasteiger partial charge is 0.341 e. The van der Waals surface area contributed by atoms with Gasteiger partial charge in [-0.2, -0.15) is 0 Å². The molecule has 0 aliphatic rings. The third-order valence-corrected chi connectivity index (χ3v) is 3.74. The predicted molar refractivity (Wildman–Crippen MR) is 82.2 cm³/mol. The maximum absolute atomic E-state index is 12.2. The molecule has 2 aromatic rings. The summed E-state index contributed by atoms with van der Waals surface area (Å²) in [7, 11) is 0. The standard InChI is InChI=1S/C14H13ClN2O3S/c1-3-20-14(19)10-6-8(2)21-13(10)17-12(18)9-4-5-16-11(15)7-9/h4-7H,3H2,1-2H3,(H,17,18). The van der Waals surface area contributed by atoms with Crippen molar-refractivity contribution in [2.45, 2.75) is 13.8 Å².